The van der Waals surface area contributed by atoms with E-state index in [4.69, 9.17) is 5.26 Å². The number of fused-ring (bicyclic) bond motifs is 1. The van der Waals surface area contributed by atoms with Crippen molar-refractivity contribution in [2.75, 3.05) is 0 Å². The molecule has 2 saturated carbocycles. The minimum Gasteiger partial charge on any atom is -0.392 e. The van der Waals surface area contributed by atoms with Crippen LogP contribution in [-0.2, 0) is 4.79 Å². The largest absolute Gasteiger partial charge is 0.392 e. The van der Waals surface area contributed by atoms with Crippen LogP contribution in [0.25, 0.3) is 0 Å². The molecule has 0 radical (unpaired) electrons. The Bertz CT molecular complexity index is 294. The van der Waals surface area contributed by atoms with E-state index in [1.54, 1.807) is 0 Å². The van der Waals surface area contributed by atoms with Crippen molar-refractivity contribution in [3.63, 3.8) is 0 Å². The first-order valence-electron chi connectivity index (χ1n) is 4.70. The van der Waals surface area contributed by atoms with E-state index in [9.17, 15) is 9.90 Å². The third-order valence-corrected chi connectivity index (χ3v) is 3.78. The molecule has 4 atom stereocenters. The van der Waals surface area contributed by atoms with Gasteiger partial charge >= 0.3 is 0 Å². The maximum Gasteiger partial charge on any atom is 0.139 e. The Morgan fingerprint density at radius 2 is 2.38 bits per heavy atom. The topological polar surface area (TPSA) is 61.1 Å². The lowest BCUT2D eigenvalue weighted by Crippen LogP contribution is -2.29. The van der Waals surface area contributed by atoms with Gasteiger partial charge in [-0.05, 0) is 18.3 Å². The molecule has 0 aliphatic heterocycles. The van der Waals surface area contributed by atoms with Gasteiger partial charge in [-0.15, -0.1) is 0 Å². The first kappa shape index (κ1) is 8.71. The van der Waals surface area contributed by atoms with Crippen molar-refractivity contribution in [2.45, 2.75) is 32.3 Å². The summed E-state index contributed by atoms with van der Waals surface area (Å²) in [7, 11) is 0. The molecular weight excluding hydrogens is 166 g/mol. The van der Waals surface area contributed by atoms with Crippen molar-refractivity contribution in [3.8, 4) is 6.07 Å². The van der Waals surface area contributed by atoms with Crippen molar-refractivity contribution in [1.82, 2.24) is 0 Å². The zero-order valence-corrected chi connectivity index (χ0v) is 7.66. The minimum atomic E-state index is -0.579. The monoisotopic (exact) mass is 179 g/mol. The molecular formula is C10H13NO2. The lowest BCUT2D eigenvalue weighted by molar-refractivity contribution is -0.124. The maximum absolute atomic E-state index is 11.5. The summed E-state index contributed by atoms with van der Waals surface area (Å²) >= 11 is 0. The van der Waals surface area contributed by atoms with E-state index >= 15 is 0 Å². The van der Waals surface area contributed by atoms with Gasteiger partial charge in [0.2, 0.25) is 0 Å². The van der Waals surface area contributed by atoms with E-state index in [-0.39, 0.29) is 23.0 Å². The van der Waals surface area contributed by atoms with E-state index in [0.717, 1.165) is 6.42 Å². The second-order valence-corrected chi connectivity index (χ2v) is 4.43. The molecule has 70 valence electrons. The van der Waals surface area contributed by atoms with Crippen LogP contribution in [0.3, 0.4) is 0 Å². The summed E-state index contributed by atoms with van der Waals surface area (Å²) in [5, 5.41) is 18.6. The Kier molecular flexibility index (Phi) is 1.71. The van der Waals surface area contributed by atoms with E-state index in [1.807, 2.05) is 6.92 Å². The zero-order valence-electron chi connectivity index (χ0n) is 7.66. The van der Waals surface area contributed by atoms with E-state index in [1.165, 1.54) is 0 Å². The molecule has 1 N–H and O–H groups in total. The molecule has 0 unspecified atom stereocenters. The van der Waals surface area contributed by atoms with Gasteiger partial charge in [-0.25, -0.2) is 0 Å². The summed E-state index contributed by atoms with van der Waals surface area (Å²) < 4.78 is 0. The minimum absolute atomic E-state index is 0.140. The van der Waals surface area contributed by atoms with Crippen LogP contribution in [0.5, 0.6) is 0 Å². The van der Waals surface area contributed by atoms with Crippen molar-refractivity contribution < 1.29 is 9.90 Å². The molecule has 0 aromatic carbocycles. The molecule has 0 spiro atoms. The number of carbonyl (C=O) groups excluding carboxylic acids is 1. The van der Waals surface area contributed by atoms with Crippen molar-refractivity contribution >= 4 is 5.78 Å². The molecule has 3 heteroatoms. The Morgan fingerprint density at radius 1 is 1.69 bits per heavy atom. The summed E-state index contributed by atoms with van der Waals surface area (Å²) in [4.78, 5) is 11.5. The van der Waals surface area contributed by atoms with Crippen LogP contribution in [-0.4, -0.2) is 17.0 Å². The summed E-state index contributed by atoms with van der Waals surface area (Å²) in [6.07, 6.45) is 1.20. The smallest absolute Gasteiger partial charge is 0.139 e. The van der Waals surface area contributed by atoms with E-state index < -0.39 is 6.10 Å². The average Bonchev–Trinajstić information content (AvgIpc) is 2.51. The molecule has 0 bridgehead atoms. The van der Waals surface area contributed by atoms with Gasteiger partial charge in [-0.3, -0.25) is 4.79 Å². The Morgan fingerprint density at radius 3 is 3.00 bits per heavy atom. The molecule has 0 aromatic heterocycles. The average molecular weight is 179 g/mol. The summed E-state index contributed by atoms with van der Waals surface area (Å²) in [5.41, 5.74) is -0.245. The third kappa shape index (κ3) is 0.955. The van der Waals surface area contributed by atoms with Crippen LogP contribution >= 0.6 is 0 Å². The number of carbonyl (C=O) groups is 1. The lowest BCUT2D eigenvalue weighted by atomic mass is 9.76. The Hall–Kier alpha value is -0.880. The summed E-state index contributed by atoms with van der Waals surface area (Å²) in [5.74, 6) is -0.260. The molecule has 13 heavy (non-hydrogen) atoms. The first-order valence-corrected chi connectivity index (χ1v) is 4.70. The second-order valence-electron chi connectivity index (χ2n) is 4.43. The van der Waals surface area contributed by atoms with E-state index in [0.29, 0.717) is 12.8 Å². The fraction of sp³-hybridized carbons (Fsp3) is 0.800. The summed E-state index contributed by atoms with van der Waals surface area (Å²) in [6.45, 7) is 1.96. The highest BCUT2D eigenvalue weighted by atomic mass is 16.3. The predicted octanol–water partition coefficient (Wildman–Crippen LogP) is 0.876. The van der Waals surface area contributed by atoms with Gasteiger partial charge in [0.15, 0.2) is 0 Å². The van der Waals surface area contributed by atoms with Crippen LogP contribution < -0.4 is 0 Å². The standard InChI is InChI=1S/C10H13NO2/c1-10-3-2-7(12)9(10)8(13)4-6(10)5-11/h6,8-9,13H,2-4H2,1H3/t6-,8+,9+,10-/m1/s1. The quantitative estimate of drug-likeness (QED) is 0.600. The van der Waals surface area contributed by atoms with Gasteiger partial charge in [-0.1, -0.05) is 6.92 Å². The number of aliphatic hydroxyl groups is 1. The van der Waals surface area contributed by atoms with Crippen LogP contribution in [0.1, 0.15) is 26.2 Å². The molecule has 2 fully saturated rings. The van der Waals surface area contributed by atoms with Gasteiger partial charge in [0.05, 0.1) is 24.0 Å². The molecule has 2 aliphatic carbocycles. The third-order valence-electron chi connectivity index (χ3n) is 3.78. The highest BCUT2D eigenvalue weighted by Gasteiger charge is 2.58. The predicted molar refractivity (Wildman–Crippen MR) is 45.6 cm³/mol. The molecule has 0 saturated heterocycles. The SMILES string of the molecule is C[C@]12CCC(=O)[C@H]1[C@@H](O)C[C@@H]2C#N. The Labute approximate surface area is 77.4 Å². The number of nitrogens with zero attached hydrogens (tertiary/aromatic N) is 1. The normalized spacial score (nSPS) is 49.0. The lowest BCUT2D eigenvalue weighted by Gasteiger charge is -2.25. The highest BCUT2D eigenvalue weighted by Crippen LogP contribution is 2.55. The molecule has 0 aromatic rings. The number of hydrogen-bond donors (Lipinski definition) is 1. The molecule has 0 heterocycles. The van der Waals surface area contributed by atoms with Crippen LogP contribution in [0.2, 0.25) is 0 Å². The Balaban J connectivity index is 2.37. The number of aliphatic hydroxyl groups excluding tert-OH is 1. The maximum atomic E-state index is 11.5. The van der Waals surface area contributed by atoms with Gasteiger partial charge in [0, 0.05) is 6.42 Å². The number of Topliss-reactive ketones (excluding diaryl/α,β-unsaturated/α-hetero) is 1. The van der Waals surface area contributed by atoms with Crippen LogP contribution in [0, 0.1) is 28.6 Å². The van der Waals surface area contributed by atoms with Gasteiger partial charge < -0.3 is 5.11 Å². The van der Waals surface area contributed by atoms with Crippen LogP contribution in [0.15, 0.2) is 0 Å². The highest BCUT2D eigenvalue weighted by molar-refractivity contribution is 5.85. The second kappa shape index (κ2) is 2.55. The van der Waals surface area contributed by atoms with Crippen molar-refractivity contribution in [1.29, 1.82) is 5.26 Å². The van der Waals surface area contributed by atoms with Gasteiger partial charge in [0.1, 0.15) is 5.78 Å². The fourth-order valence-corrected chi connectivity index (χ4v) is 2.96. The van der Waals surface area contributed by atoms with Gasteiger partial charge in [0.25, 0.3) is 0 Å². The van der Waals surface area contributed by atoms with E-state index in [2.05, 4.69) is 6.07 Å². The number of rotatable bonds is 0. The zero-order chi connectivity index (χ0) is 9.64. The number of ketones is 1. The number of nitriles is 1. The molecule has 3 nitrogen and oxygen atoms in total. The first-order chi connectivity index (χ1) is 6.09. The fourth-order valence-electron chi connectivity index (χ4n) is 2.96. The molecule has 0 amide bonds. The molecule has 2 rings (SSSR count). The summed E-state index contributed by atoms with van der Waals surface area (Å²) in [6, 6.07) is 2.21. The van der Waals surface area contributed by atoms with Gasteiger partial charge in [-0.2, -0.15) is 5.26 Å². The number of hydrogen-bond acceptors (Lipinski definition) is 3. The van der Waals surface area contributed by atoms with Crippen LogP contribution in [0.4, 0.5) is 0 Å². The van der Waals surface area contributed by atoms with Crippen molar-refractivity contribution in [3.05, 3.63) is 0 Å². The molecule has 2 aliphatic rings. The van der Waals surface area contributed by atoms with Crippen molar-refractivity contribution in [2.24, 2.45) is 17.3 Å².